The molecule has 0 aliphatic rings. The van der Waals surface area contributed by atoms with E-state index in [0.29, 0.717) is 10.7 Å². The predicted molar refractivity (Wildman–Crippen MR) is 119 cm³/mol. The van der Waals surface area contributed by atoms with E-state index in [0.717, 1.165) is 10.1 Å². The van der Waals surface area contributed by atoms with Crippen molar-refractivity contribution in [3.8, 4) is 17.3 Å². The molecular weight excluding hydrogens is 420 g/mol. The zero-order valence-corrected chi connectivity index (χ0v) is 17.1. The highest BCUT2D eigenvalue weighted by Gasteiger charge is 2.15. The van der Waals surface area contributed by atoms with Crippen molar-refractivity contribution in [1.29, 1.82) is 0 Å². The van der Waals surface area contributed by atoms with Crippen molar-refractivity contribution in [3.05, 3.63) is 106 Å². The van der Waals surface area contributed by atoms with E-state index in [1.165, 1.54) is 16.8 Å². The van der Waals surface area contributed by atoms with Crippen LogP contribution in [-0.4, -0.2) is 24.4 Å². The highest BCUT2D eigenvalue weighted by Crippen LogP contribution is 2.19. The topological polar surface area (TPSA) is 113 Å². The number of nitrogens with one attached hydrogen (secondary N) is 2. The molecular formula is C22H17ClN4O4. The Hall–Kier alpha value is -4.04. The summed E-state index contributed by atoms with van der Waals surface area (Å²) in [4.78, 5) is 39.9. The molecule has 2 aromatic heterocycles. The third-order valence-electron chi connectivity index (χ3n) is 4.77. The summed E-state index contributed by atoms with van der Waals surface area (Å²) in [6.45, 7) is 5.75. The molecule has 0 saturated heterocycles. The van der Waals surface area contributed by atoms with Crippen LogP contribution in [0, 0.1) is 6.92 Å². The number of H-pyrrole nitrogens is 2. The molecule has 0 aliphatic heterocycles. The fourth-order valence-electron chi connectivity index (χ4n) is 3.19. The summed E-state index contributed by atoms with van der Waals surface area (Å²) in [7, 11) is 0. The van der Waals surface area contributed by atoms with E-state index in [1.807, 2.05) is 19.1 Å². The van der Waals surface area contributed by atoms with Gasteiger partial charge in [-0.25, -0.2) is 14.0 Å². The Morgan fingerprint density at radius 2 is 1.77 bits per heavy atom. The molecule has 0 saturated carbocycles. The predicted octanol–water partition coefficient (Wildman–Crippen LogP) is 0.911. The van der Waals surface area contributed by atoms with Gasteiger partial charge < -0.3 is 5.11 Å². The summed E-state index contributed by atoms with van der Waals surface area (Å²) in [6.07, 6.45) is 1.19. The van der Waals surface area contributed by atoms with E-state index >= 15 is 0 Å². The van der Waals surface area contributed by atoms with Gasteiger partial charge in [-0.15, -0.1) is 0 Å². The Labute approximate surface area is 179 Å². The number of nitrogens with zero attached hydrogens (tertiary/aromatic N) is 2. The van der Waals surface area contributed by atoms with Gasteiger partial charge in [0.15, 0.2) is 0 Å². The second kappa shape index (κ2) is 7.66. The van der Waals surface area contributed by atoms with Gasteiger partial charge in [0.05, 0.1) is 21.9 Å². The van der Waals surface area contributed by atoms with Crippen LogP contribution in [0.1, 0.15) is 11.1 Å². The van der Waals surface area contributed by atoms with Crippen molar-refractivity contribution >= 4 is 24.3 Å². The molecule has 0 spiro atoms. The van der Waals surface area contributed by atoms with E-state index in [-0.39, 0.29) is 21.8 Å². The van der Waals surface area contributed by atoms with Crippen LogP contribution in [0.5, 0.6) is 5.88 Å². The third-order valence-corrected chi connectivity index (χ3v) is 5.01. The van der Waals surface area contributed by atoms with Gasteiger partial charge in [0.2, 0.25) is 5.88 Å². The Balaban J connectivity index is 1.97. The van der Waals surface area contributed by atoms with Crippen LogP contribution < -0.4 is 27.4 Å². The van der Waals surface area contributed by atoms with Crippen LogP contribution in [0.4, 0.5) is 0 Å². The second-order valence-corrected chi connectivity index (χ2v) is 7.37. The zero-order chi connectivity index (χ0) is 22.3. The summed E-state index contributed by atoms with van der Waals surface area (Å²) in [6, 6.07) is 13.4. The summed E-state index contributed by atoms with van der Waals surface area (Å²) in [5.41, 5.74) is -0.552. The highest BCUT2D eigenvalue weighted by atomic mass is 35.5. The Bertz CT molecular complexity index is 1590. The number of benzene rings is 2. The number of hydrogen-bond donors (Lipinski definition) is 3. The lowest BCUT2D eigenvalue weighted by Crippen LogP contribution is -2.36. The number of aromatic hydroxyl groups is 1. The summed E-state index contributed by atoms with van der Waals surface area (Å²) in [5, 5.41) is 14.2. The van der Waals surface area contributed by atoms with Crippen LogP contribution in [0.3, 0.4) is 0 Å². The molecule has 31 heavy (non-hydrogen) atoms. The van der Waals surface area contributed by atoms with Gasteiger partial charge in [0, 0.05) is 5.02 Å². The van der Waals surface area contributed by atoms with Gasteiger partial charge in [-0.1, -0.05) is 41.9 Å². The molecule has 8 nitrogen and oxygen atoms in total. The van der Waals surface area contributed by atoms with Crippen LogP contribution in [-0.2, 0) is 0 Å². The largest absolute Gasteiger partial charge is 0.494 e. The van der Waals surface area contributed by atoms with Crippen molar-refractivity contribution < 1.29 is 5.11 Å². The summed E-state index contributed by atoms with van der Waals surface area (Å²) in [5.74, 6) is -0.627. The molecule has 0 radical (unpaired) electrons. The minimum absolute atomic E-state index is 0.0673. The lowest BCUT2D eigenvalue weighted by molar-refractivity contribution is 0.429. The molecule has 3 N–H and O–H groups in total. The van der Waals surface area contributed by atoms with Gasteiger partial charge in [0.25, 0.3) is 11.1 Å². The number of aromatic nitrogens is 4. The van der Waals surface area contributed by atoms with Crippen LogP contribution in [0.25, 0.3) is 24.0 Å². The van der Waals surface area contributed by atoms with Crippen molar-refractivity contribution in [2.45, 2.75) is 6.92 Å². The number of aromatic amines is 2. The van der Waals surface area contributed by atoms with Gasteiger partial charge >= 0.3 is 5.69 Å². The van der Waals surface area contributed by atoms with Crippen molar-refractivity contribution in [2.24, 2.45) is 0 Å². The molecule has 4 rings (SSSR count). The van der Waals surface area contributed by atoms with Gasteiger partial charge in [-0.2, -0.15) is 0 Å². The highest BCUT2D eigenvalue weighted by molar-refractivity contribution is 6.30. The quantitative estimate of drug-likeness (QED) is 0.443. The van der Waals surface area contributed by atoms with E-state index in [1.54, 1.807) is 30.3 Å². The van der Waals surface area contributed by atoms with Crippen molar-refractivity contribution in [2.75, 3.05) is 0 Å². The molecule has 4 aromatic rings. The fourth-order valence-corrected chi connectivity index (χ4v) is 3.37. The second-order valence-electron chi connectivity index (χ2n) is 6.94. The number of halogens is 1. The normalized spacial score (nSPS) is 11.7. The monoisotopic (exact) mass is 436 g/mol. The van der Waals surface area contributed by atoms with Crippen molar-refractivity contribution in [3.63, 3.8) is 0 Å². The Kier molecular flexibility index (Phi) is 5.00. The molecule has 0 atom stereocenters. The van der Waals surface area contributed by atoms with Gasteiger partial charge in [0.1, 0.15) is 5.56 Å². The minimum Gasteiger partial charge on any atom is -0.494 e. The lowest BCUT2D eigenvalue weighted by atomic mass is 10.2. The maximum absolute atomic E-state index is 12.9. The molecule has 0 bridgehead atoms. The van der Waals surface area contributed by atoms with E-state index in [9.17, 15) is 19.5 Å². The summed E-state index contributed by atoms with van der Waals surface area (Å²) < 4.78 is 2.18. The molecule has 2 aromatic carbocycles. The molecule has 9 heteroatoms. The molecule has 0 amide bonds. The Morgan fingerprint density at radius 3 is 2.45 bits per heavy atom. The lowest BCUT2D eigenvalue weighted by Gasteiger charge is -2.09. The first-order chi connectivity index (χ1) is 14.8. The van der Waals surface area contributed by atoms with E-state index in [2.05, 4.69) is 16.7 Å². The molecule has 156 valence electrons. The number of rotatable bonds is 3. The standard InChI is InChI=1S/C22H17ClN4O4/c1-12-6-8-15(9-7-12)27-21(30)17(13(2)25-27)11-18-19(28)24-22(31)26(20(18)29)16-5-3-4-14(23)10-16/h3-11,25,29H,2H2,1H3,(H,24,28,31). The first kappa shape index (κ1) is 20.2. The van der Waals surface area contributed by atoms with Crippen LogP contribution in [0.15, 0.2) is 62.9 Å². The Morgan fingerprint density at radius 1 is 1.06 bits per heavy atom. The average Bonchev–Trinajstić information content (AvgIpc) is 2.99. The third kappa shape index (κ3) is 3.64. The van der Waals surface area contributed by atoms with Crippen LogP contribution in [0.2, 0.25) is 5.02 Å². The van der Waals surface area contributed by atoms with Crippen LogP contribution >= 0.6 is 11.6 Å². The van der Waals surface area contributed by atoms with Gasteiger partial charge in [-0.05, 0) is 43.3 Å². The van der Waals surface area contributed by atoms with Crippen molar-refractivity contribution in [1.82, 2.24) is 19.3 Å². The fraction of sp³-hybridized carbons (Fsp3) is 0.0455. The zero-order valence-electron chi connectivity index (χ0n) is 16.3. The first-order valence-electron chi connectivity index (χ1n) is 9.19. The summed E-state index contributed by atoms with van der Waals surface area (Å²) >= 11 is 5.98. The molecule has 0 unspecified atom stereocenters. The SMILES string of the molecule is C=c1[nH]n(-c2ccc(C)cc2)c(=O)c1=Cc1c(O)n(-c2cccc(Cl)c2)c(=O)[nH]c1=O. The number of hydrogen-bond acceptors (Lipinski definition) is 4. The molecule has 0 fully saturated rings. The van der Waals surface area contributed by atoms with Gasteiger partial charge in [-0.3, -0.25) is 19.7 Å². The molecule has 0 aliphatic carbocycles. The maximum Gasteiger partial charge on any atom is 0.335 e. The van der Waals surface area contributed by atoms with E-state index in [4.69, 9.17) is 11.6 Å². The molecule has 2 heterocycles. The first-order valence-corrected chi connectivity index (χ1v) is 9.57. The smallest absolute Gasteiger partial charge is 0.335 e. The average molecular weight is 437 g/mol. The minimum atomic E-state index is -0.845. The van der Waals surface area contributed by atoms with E-state index < -0.39 is 22.7 Å². The maximum atomic E-state index is 12.9. The number of aryl methyl sites for hydroxylation is 1.